The number of rotatable bonds is 6. The summed E-state index contributed by atoms with van der Waals surface area (Å²) < 4.78 is 4.73. The van der Waals surface area contributed by atoms with E-state index in [1.807, 2.05) is 6.08 Å². The SMILES string of the molecule is C=CCC(=O)NCCOC.CC1=C(C)Sc2ccccc2C(C2=CC=C(Cl)CS2)=N1. The zero-order chi connectivity index (χ0) is 21.9. The fraction of sp³-hybridized carbons (Fsp3) is 0.304. The molecule has 0 bridgehead atoms. The third kappa shape index (κ3) is 7.51. The largest absolute Gasteiger partial charge is 0.383 e. The van der Waals surface area contributed by atoms with Crippen molar-refractivity contribution < 1.29 is 9.53 Å². The van der Waals surface area contributed by atoms with Gasteiger partial charge < -0.3 is 10.1 Å². The Hall–Kier alpha value is -1.73. The van der Waals surface area contributed by atoms with Crippen molar-refractivity contribution in [1.82, 2.24) is 5.32 Å². The number of hydrogen-bond donors (Lipinski definition) is 1. The lowest BCUT2D eigenvalue weighted by atomic mass is 10.1. The number of aliphatic imine (C=N–C) groups is 1. The molecule has 0 atom stereocenters. The summed E-state index contributed by atoms with van der Waals surface area (Å²) in [5.41, 5.74) is 3.36. The van der Waals surface area contributed by atoms with E-state index >= 15 is 0 Å². The summed E-state index contributed by atoms with van der Waals surface area (Å²) >= 11 is 9.60. The van der Waals surface area contributed by atoms with E-state index in [4.69, 9.17) is 21.3 Å². The second kappa shape index (κ2) is 12.8. The first-order valence-electron chi connectivity index (χ1n) is 9.55. The number of allylic oxidation sites excluding steroid dienone is 5. The Labute approximate surface area is 192 Å². The smallest absolute Gasteiger partial charge is 0.223 e. The number of amides is 1. The lowest BCUT2D eigenvalue weighted by molar-refractivity contribution is -0.120. The number of halogens is 1. The number of carbonyl (C=O) groups is 1. The van der Waals surface area contributed by atoms with Crippen LogP contribution in [0, 0.1) is 0 Å². The van der Waals surface area contributed by atoms with Gasteiger partial charge in [0.1, 0.15) is 0 Å². The Kier molecular flexibility index (Phi) is 10.5. The number of carbonyl (C=O) groups excluding carboxylic acids is 1. The molecule has 0 radical (unpaired) electrons. The van der Waals surface area contributed by atoms with Crippen molar-refractivity contribution in [3.8, 4) is 0 Å². The number of fused-ring (bicyclic) bond motifs is 1. The molecular weight excluding hydrogens is 436 g/mol. The molecule has 0 unspecified atom stereocenters. The van der Waals surface area contributed by atoms with Crippen molar-refractivity contribution in [1.29, 1.82) is 0 Å². The predicted molar refractivity (Wildman–Crippen MR) is 131 cm³/mol. The van der Waals surface area contributed by atoms with Crippen molar-refractivity contribution in [3.05, 3.63) is 75.2 Å². The van der Waals surface area contributed by atoms with E-state index in [-0.39, 0.29) is 5.91 Å². The number of thioether (sulfide) groups is 2. The van der Waals surface area contributed by atoms with E-state index in [9.17, 15) is 4.79 Å². The van der Waals surface area contributed by atoms with Gasteiger partial charge in [0.05, 0.1) is 12.3 Å². The number of nitrogens with one attached hydrogen (secondary N) is 1. The Morgan fingerprint density at radius 2 is 2.10 bits per heavy atom. The summed E-state index contributed by atoms with van der Waals surface area (Å²) in [7, 11) is 1.60. The zero-order valence-electron chi connectivity index (χ0n) is 17.5. The minimum atomic E-state index is -0.00736. The van der Waals surface area contributed by atoms with E-state index in [0.717, 1.165) is 22.2 Å². The maximum atomic E-state index is 10.7. The molecule has 7 heteroatoms. The van der Waals surface area contributed by atoms with Gasteiger partial charge in [0.25, 0.3) is 0 Å². The molecule has 0 spiro atoms. The highest BCUT2D eigenvalue weighted by molar-refractivity contribution is 8.04. The van der Waals surface area contributed by atoms with Crippen LogP contribution in [0.5, 0.6) is 0 Å². The first-order valence-corrected chi connectivity index (χ1v) is 11.7. The van der Waals surface area contributed by atoms with Gasteiger partial charge in [-0.2, -0.15) is 0 Å². The molecule has 1 aromatic rings. The number of methoxy groups -OCH3 is 1. The highest BCUT2D eigenvalue weighted by atomic mass is 35.5. The number of nitrogens with zero attached hydrogens (tertiary/aromatic N) is 1. The van der Waals surface area contributed by atoms with Gasteiger partial charge in [-0.05, 0) is 32.1 Å². The minimum absolute atomic E-state index is 0.00736. The monoisotopic (exact) mass is 462 g/mol. The van der Waals surface area contributed by atoms with Gasteiger partial charge in [-0.1, -0.05) is 47.6 Å². The Bertz CT molecular complexity index is 904. The van der Waals surface area contributed by atoms with E-state index in [0.29, 0.717) is 19.6 Å². The van der Waals surface area contributed by atoms with Gasteiger partial charge in [0, 0.05) is 56.8 Å². The van der Waals surface area contributed by atoms with Gasteiger partial charge in [-0.25, -0.2) is 0 Å². The van der Waals surface area contributed by atoms with Crippen LogP contribution in [0.25, 0.3) is 0 Å². The van der Waals surface area contributed by atoms with Crippen LogP contribution in [0.15, 0.2) is 79.5 Å². The Balaban J connectivity index is 0.000000274. The van der Waals surface area contributed by atoms with Crippen molar-refractivity contribution in [2.24, 2.45) is 4.99 Å². The molecular formula is C23H27ClN2O2S2. The molecule has 2 heterocycles. The van der Waals surface area contributed by atoms with Gasteiger partial charge in [0.2, 0.25) is 5.91 Å². The van der Waals surface area contributed by atoms with Crippen LogP contribution in [0.4, 0.5) is 0 Å². The normalized spacial score (nSPS) is 15.5. The van der Waals surface area contributed by atoms with Crippen LogP contribution < -0.4 is 5.32 Å². The minimum Gasteiger partial charge on any atom is -0.383 e. The number of benzene rings is 1. The van der Waals surface area contributed by atoms with Crippen LogP contribution in [-0.2, 0) is 9.53 Å². The molecule has 1 aromatic carbocycles. The molecule has 2 aliphatic rings. The third-order valence-corrected chi connectivity index (χ3v) is 6.86. The maximum Gasteiger partial charge on any atom is 0.223 e. The van der Waals surface area contributed by atoms with E-state index in [2.05, 4.69) is 56.1 Å². The highest BCUT2D eigenvalue weighted by Gasteiger charge is 2.20. The number of hydrogen-bond acceptors (Lipinski definition) is 5. The summed E-state index contributed by atoms with van der Waals surface area (Å²) in [6.45, 7) is 8.77. The fourth-order valence-corrected chi connectivity index (χ4v) is 4.55. The first-order chi connectivity index (χ1) is 14.5. The van der Waals surface area contributed by atoms with Crippen LogP contribution in [-0.4, -0.2) is 37.6 Å². The maximum absolute atomic E-state index is 10.7. The average molecular weight is 463 g/mol. The van der Waals surface area contributed by atoms with Crippen LogP contribution in [0.1, 0.15) is 25.8 Å². The summed E-state index contributed by atoms with van der Waals surface area (Å²) in [5, 5.41) is 3.54. The molecule has 2 aliphatic heterocycles. The molecule has 1 amide bonds. The van der Waals surface area contributed by atoms with Crippen molar-refractivity contribution in [2.75, 3.05) is 26.0 Å². The molecule has 160 valence electrons. The Morgan fingerprint density at radius 3 is 2.77 bits per heavy atom. The molecule has 0 aliphatic carbocycles. The molecule has 4 nitrogen and oxygen atoms in total. The second-order valence-electron chi connectivity index (χ2n) is 6.47. The summed E-state index contributed by atoms with van der Waals surface area (Å²) in [5.74, 6) is 0.816. The van der Waals surface area contributed by atoms with Gasteiger partial charge in [0.15, 0.2) is 0 Å². The van der Waals surface area contributed by atoms with Crippen molar-refractivity contribution in [3.63, 3.8) is 0 Å². The van der Waals surface area contributed by atoms with Gasteiger partial charge in [-0.3, -0.25) is 9.79 Å². The molecule has 3 rings (SSSR count). The highest BCUT2D eigenvalue weighted by Crippen LogP contribution is 2.38. The molecule has 0 fully saturated rings. The second-order valence-corrected chi connectivity index (χ2v) is 9.23. The average Bonchev–Trinajstić information content (AvgIpc) is 2.86. The first kappa shape index (κ1) is 24.5. The summed E-state index contributed by atoms with van der Waals surface area (Å²) in [6.07, 6.45) is 6.00. The molecule has 30 heavy (non-hydrogen) atoms. The summed E-state index contributed by atoms with van der Waals surface area (Å²) in [4.78, 5) is 19.3. The van der Waals surface area contributed by atoms with Gasteiger partial charge >= 0.3 is 0 Å². The molecule has 1 N–H and O–H groups in total. The lowest BCUT2D eigenvalue weighted by Gasteiger charge is -2.14. The predicted octanol–water partition coefficient (Wildman–Crippen LogP) is 5.91. The zero-order valence-corrected chi connectivity index (χ0v) is 19.9. The van der Waals surface area contributed by atoms with E-state index < -0.39 is 0 Å². The lowest BCUT2D eigenvalue weighted by Crippen LogP contribution is -2.25. The van der Waals surface area contributed by atoms with Gasteiger partial charge in [-0.15, -0.1) is 18.3 Å². The van der Waals surface area contributed by atoms with Crippen LogP contribution in [0.3, 0.4) is 0 Å². The quantitative estimate of drug-likeness (QED) is 0.421. The van der Waals surface area contributed by atoms with Crippen LogP contribution in [0.2, 0.25) is 0 Å². The van der Waals surface area contributed by atoms with Crippen molar-refractivity contribution in [2.45, 2.75) is 25.2 Å². The van der Waals surface area contributed by atoms with Crippen LogP contribution >= 0.6 is 35.1 Å². The topological polar surface area (TPSA) is 50.7 Å². The van der Waals surface area contributed by atoms with E-state index in [1.165, 1.54) is 20.3 Å². The standard InChI is InChI=1S/C16H14ClNS2.C7H13NO2/c1-10-11(2)20-14-6-4-3-5-13(14)16(18-10)15-8-7-12(17)9-19-15;1-3-4-7(9)8-5-6-10-2/h3-8H,9H2,1-2H3;3H,1,4-6H2,2H3,(H,8,9). The molecule has 0 saturated heterocycles. The number of ether oxygens (including phenoxy) is 1. The molecule has 0 saturated carbocycles. The fourth-order valence-electron chi connectivity index (χ4n) is 2.54. The Morgan fingerprint density at radius 1 is 1.33 bits per heavy atom. The van der Waals surface area contributed by atoms with E-state index in [1.54, 1.807) is 36.7 Å². The third-order valence-electron chi connectivity index (χ3n) is 4.17. The van der Waals surface area contributed by atoms with Crippen molar-refractivity contribution >= 4 is 46.7 Å². The summed E-state index contributed by atoms with van der Waals surface area (Å²) in [6, 6.07) is 8.46. The molecule has 0 aromatic heterocycles.